The fourth-order valence-corrected chi connectivity index (χ4v) is 3.07. The van der Waals surface area contributed by atoms with Gasteiger partial charge in [-0.2, -0.15) is 0 Å². The molecule has 2 fully saturated rings. The van der Waals surface area contributed by atoms with Crippen LogP contribution in [0, 0.1) is 5.41 Å². The molecule has 0 bridgehead atoms. The molecule has 2 aliphatic carbocycles. The Morgan fingerprint density at radius 1 is 1.33 bits per heavy atom. The number of amides is 2. The van der Waals surface area contributed by atoms with Gasteiger partial charge in [0.15, 0.2) is 0 Å². The normalized spacial score (nSPS) is 29.9. The number of hydrogen-bond acceptors (Lipinski definition) is 3. The lowest BCUT2D eigenvalue weighted by atomic mass is 9.83. The van der Waals surface area contributed by atoms with Crippen molar-refractivity contribution in [3.05, 3.63) is 24.3 Å². The molecule has 0 aliphatic heterocycles. The molecule has 1 aromatic rings. The van der Waals surface area contributed by atoms with Crippen LogP contribution >= 0.6 is 0 Å². The second kappa shape index (κ2) is 5.20. The Morgan fingerprint density at radius 3 is 2.62 bits per heavy atom. The molecule has 21 heavy (non-hydrogen) atoms. The third-order valence-electron chi connectivity index (χ3n) is 4.54. The minimum Gasteiger partial charge on any atom is -0.335 e. The fraction of sp³-hybridized carbons (Fsp3) is 0.643. The number of aromatic nitrogens is 2. The monoisotopic (exact) mass is 296 g/mol. The number of carbonyl (C=O) groups excluding carboxylic acids is 1. The molecule has 2 amide bonds. The Bertz CT molecular complexity index is 515. The molecule has 0 radical (unpaired) electrons. The van der Waals surface area contributed by atoms with E-state index in [4.69, 9.17) is 0 Å². The van der Waals surface area contributed by atoms with Gasteiger partial charge in [0.2, 0.25) is 0 Å². The van der Waals surface area contributed by atoms with Gasteiger partial charge in [0, 0.05) is 30.3 Å². The second-order valence-corrected chi connectivity index (χ2v) is 5.96. The number of carbonyl (C=O) groups is 1. The van der Waals surface area contributed by atoms with Crippen molar-refractivity contribution in [3.8, 4) is 0 Å². The summed E-state index contributed by atoms with van der Waals surface area (Å²) in [5.41, 5.74) is -0.0887. The Kier molecular flexibility index (Phi) is 3.51. The summed E-state index contributed by atoms with van der Waals surface area (Å²) >= 11 is 0. The molecule has 0 aromatic carbocycles. The van der Waals surface area contributed by atoms with Crippen LogP contribution in [-0.4, -0.2) is 28.0 Å². The summed E-state index contributed by atoms with van der Waals surface area (Å²) in [6.07, 6.45) is 6.96. The zero-order chi connectivity index (χ0) is 14.9. The Hall–Kier alpha value is -1.79. The highest BCUT2D eigenvalue weighted by Crippen LogP contribution is 2.67. The minimum absolute atomic E-state index is 0.0194. The summed E-state index contributed by atoms with van der Waals surface area (Å²) in [5, 5.41) is 5.54. The number of urea groups is 1. The van der Waals surface area contributed by atoms with Crippen LogP contribution in [0.4, 0.5) is 13.6 Å². The second-order valence-electron chi connectivity index (χ2n) is 5.96. The first-order valence-corrected chi connectivity index (χ1v) is 7.18. The number of nitrogens with zero attached hydrogens (tertiary/aromatic N) is 2. The molecule has 1 aromatic heterocycles. The van der Waals surface area contributed by atoms with E-state index in [1.54, 1.807) is 18.6 Å². The molecule has 0 atom stereocenters. The molecule has 5 nitrogen and oxygen atoms in total. The molecule has 2 N–H and O–H groups in total. The Morgan fingerprint density at radius 2 is 2.05 bits per heavy atom. The standard InChI is InChI=1S/C14H18F2N4O/c15-14(16)9-13(14)3-1-10(2-4-13)20-12(21)19-8-11-7-17-5-6-18-11/h5-7,10H,1-4,8-9H2,(H2,19,20,21). The predicted octanol–water partition coefficient (Wildman–Crippen LogP) is 2.24. The van der Waals surface area contributed by atoms with Crippen molar-refractivity contribution in [2.45, 2.75) is 50.6 Å². The van der Waals surface area contributed by atoms with Crippen molar-refractivity contribution in [1.82, 2.24) is 20.6 Å². The number of rotatable bonds is 3. The molecule has 2 saturated carbocycles. The molecule has 0 saturated heterocycles. The van der Waals surface area contributed by atoms with Gasteiger partial charge in [-0.05, 0) is 25.7 Å². The van der Waals surface area contributed by atoms with Gasteiger partial charge in [-0.1, -0.05) is 0 Å². The molecular formula is C14H18F2N4O. The molecule has 1 spiro atoms. The van der Waals surface area contributed by atoms with Crippen LogP contribution in [0.1, 0.15) is 37.8 Å². The Labute approximate surface area is 121 Å². The van der Waals surface area contributed by atoms with E-state index in [9.17, 15) is 13.6 Å². The minimum atomic E-state index is -2.48. The van der Waals surface area contributed by atoms with Gasteiger partial charge in [0.05, 0.1) is 18.4 Å². The number of alkyl halides is 2. The van der Waals surface area contributed by atoms with Crippen LogP contribution in [0.25, 0.3) is 0 Å². The molecule has 2 aliphatic rings. The largest absolute Gasteiger partial charge is 0.335 e. The number of nitrogens with one attached hydrogen (secondary N) is 2. The van der Waals surface area contributed by atoms with Gasteiger partial charge in [-0.15, -0.1) is 0 Å². The molecule has 114 valence electrons. The van der Waals surface area contributed by atoms with Gasteiger partial charge in [0.1, 0.15) is 0 Å². The molecule has 1 heterocycles. The lowest BCUT2D eigenvalue weighted by Gasteiger charge is -2.29. The molecule has 3 rings (SSSR count). The van der Waals surface area contributed by atoms with E-state index in [1.807, 2.05) is 0 Å². The highest BCUT2D eigenvalue weighted by molar-refractivity contribution is 5.74. The van der Waals surface area contributed by atoms with Gasteiger partial charge in [-0.3, -0.25) is 9.97 Å². The third-order valence-corrected chi connectivity index (χ3v) is 4.54. The van der Waals surface area contributed by atoms with Gasteiger partial charge < -0.3 is 10.6 Å². The molecule has 7 heteroatoms. The average Bonchev–Trinajstić information content (AvgIpc) is 3.01. The smallest absolute Gasteiger partial charge is 0.315 e. The molecular weight excluding hydrogens is 278 g/mol. The summed E-state index contributed by atoms with van der Waals surface area (Å²) in [6, 6.07) is -0.307. The Balaban J connectivity index is 1.40. The SMILES string of the molecule is O=C(NCc1cnccn1)NC1CCC2(CC1)CC2(F)F. The fourth-order valence-electron chi connectivity index (χ4n) is 3.07. The van der Waals surface area contributed by atoms with E-state index in [0.29, 0.717) is 37.9 Å². The van der Waals surface area contributed by atoms with Crippen molar-refractivity contribution in [3.63, 3.8) is 0 Å². The van der Waals surface area contributed by atoms with Crippen LogP contribution in [-0.2, 0) is 6.54 Å². The maximum atomic E-state index is 13.3. The first-order chi connectivity index (χ1) is 10.0. The maximum Gasteiger partial charge on any atom is 0.315 e. The summed E-state index contributed by atoms with van der Waals surface area (Å²) in [5.74, 6) is -2.48. The van der Waals surface area contributed by atoms with Gasteiger partial charge >= 0.3 is 6.03 Å². The maximum absolute atomic E-state index is 13.3. The van der Waals surface area contributed by atoms with Gasteiger partial charge in [0.25, 0.3) is 5.92 Å². The molecule has 0 unspecified atom stereocenters. The van der Waals surface area contributed by atoms with E-state index < -0.39 is 11.3 Å². The highest BCUT2D eigenvalue weighted by Gasteiger charge is 2.70. The summed E-state index contributed by atoms with van der Waals surface area (Å²) in [4.78, 5) is 19.7. The first kappa shape index (κ1) is 14.2. The topological polar surface area (TPSA) is 66.9 Å². The van der Waals surface area contributed by atoms with Crippen LogP contribution in [0.5, 0.6) is 0 Å². The van der Waals surface area contributed by atoms with E-state index in [1.165, 1.54) is 0 Å². The van der Waals surface area contributed by atoms with Crippen LogP contribution in [0.3, 0.4) is 0 Å². The quantitative estimate of drug-likeness (QED) is 0.899. The van der Waals surface area contributed by atoms with E-state index in [0.717, 1.165) is 0 Å². The third kappa shape index (κ3) is 2.96. The van der Waals surface area contributed by atoms with Crippen LogP contribution < -0.4 is 10.6 Å². The highest BCUT2D eigenvalue weighted by atomic mass is 19.3. The average molecular weight is 296 g/mol. The zero-order valence-electron chi connectivity index (χ0n) is 11.6. The summed E-state index contributed by atoms with van der Waals surface area (Å²) in [7, 11) is 0. The number of halogens is 2. The van der Waals surface area contributed by atoms with Crippen molar-refractivity contribution in [2.24, 2.45) is 5.41 Å². The zero-order valence-corrected chi connectivity index (χ0v) is 11.6. The van der Waals surface area contributed by atoms with Crippen LogP contribution in [0.15, 0.2) is 18.6 Å². The van der Waals surface area contributed by atoms with Crippen molar-refractivity contribution >= 4 is 6.03 Å². The predicted molar refractivity (Wildman–Crippen MR) is 71.7 cm³/mol. The van der Waals surface area contributed by atoms with E-state index in [2.05, 4.69) is 20.6 Å². The summed E-state index contributed by atoms with van der Waals surface area (Å²) in [6.45, 7) is 0.300. The van der Waals surface area contributed by atoms with Crippen molar-refractivity contribution in [2.75, 3.05) is 0 Å². The van der Waals surface area contributed by atoms with Crippen molar-refractivity contribution in [1.29, 1.82) is 0 Å². The number of hydrogen-bond donors (Lipinski definition) is 2. The van der Waals surface area contributed by atoms with E-state index >= 15 is 0 Å². The van der Waals surface area contributed by atoms with Gasteiger partial charge in [-0.25, -0.2) is 13.6 Å². The lowest BCUT2D eigenvalue weighted by molar-refractivity contribution is 0.0445. The lowest BCUT2D eigenvalue weighted by Crippen LogP contribution is -2.44. The first-order valence-electron chi connectivity index (χ1n) is 7.18. The van der Waals surface area contributed by atoms with Crippen molar-refractivity contribution < 1.29 is 13.6 Å². The van der Waals surface area contributed by atoms with E-state index in [-0.39, 0.29) is 18.5 Å². The van der Waals surface area contributed by atoms with Crippen LogP contribution in [0.2, 0.25) is 0 Å². The summed E-state index contributed by atoms with van der Waals surface area (Å²) < 4.78 is 26.5.